The summed E-state index contributed by atoms with van der Waals surface area (Å²) in [5, 5.41) is 20.8. The molecule has 4 heteroatoms. The van der Waals surface area contributed by atoms with Gasteiger partial charge in [-0.15, -0.1) is 0 Å². The third kappa shape index (κ3) is 2.77. The number of rotatable bonds is 3. The van der Waals surface area contributed by atoms with Gasteiger partial charge in [0, 0.05) is 17.2 Å². The lowest BCUT2D eigenvalue weighted by Crippen LogP contribution is -2.44. The molecule has 0 radical (unpaired) electrons. The molecular weight excluding hydrogens is 394 g/mol. The first-order chi connectivity index (χ1) is 15.6. The van der Waals surface area contributed by atoms with Crippen molar-refractivity contribution in [1.29, 1.82) is 10.5 Å². The number of carbonyl (C=O) groups is 1. The van der Waals surface area contributed by atoms with Crippen molar-refractivity contribution < 1.29 is 4.79 Å². The van der Waals surface area contributed by atoms with Crippen molar-refractivity contribution in [3.8, 4) is 12.1 Å². The summed E-state index contributed by atoms with van der Waals surface area (Å²) in [6.07, 6.45) is 3.87. The third-order valence-electron chi connectivity index (χ3n) is 6.68. The molecule has 2 aliphatic heterocycles. The van der Waals surface area contributed by atoms with Crippen molar-refractivity contribution in [2.75, 3.05) is 4.90 Å². The summed E-state index contributed by atoms with van der Waals surface area (Å²) < 4.78 is 0. The van der Waals surface area contributed by atoms with Gasteiger partial charge in [0.05, 0.1) is 18.2 Å². The van der Waals surface area contributed by atoms with Crippen LogP contribution in [0.1, 0.15) is 33.0 Å². The molecule has 4 nitrogen and oxygen atoms in total. The molecule has 0 aromatic heterocycles. The van der Waals surface area contributed by atoms with Crippen LogP contribution in [0.4, 0.5) is 5.69 Å². The molecule has 2 heterocycles. The highest BCUT2D eigenvalue weighted by Gasteiger charge is 2.63. The van der Waals surface area contributed by atoms with Gasteiger partial charge >= 0.3 is 0 Å². The molecule has 0 unspecified atom stereocenters. The maximum Gasteiger partial charge on any atom is 0.185 e. The minimum absolute atomic E-state index is 0.0821. The molecular formula is C28H21N3O. The summed E-state index contributed by atoms with van der Waals surface area (Å²) in [7, 11) is 0. The Labute approximate surface area is 187 Å². The molecule has 1 saturated heterocycles. The molecule has 5 rings (SSSR count). The average Bonchev–Trinajstić information content (AvgIpc) is 3.15. The number of para-hydroxylation sites is 1. The van der Waals surface area contributed by atoms with Crippen LogP contribution in [0.25, 0.3) is 6.08 Å². The summed E-state index contributed by atoms with van der Waals surface area (Å²) in [5.74, 6) is -0.686. The van der Waals surface area contributed by atoms with Crippen molar-refractivity contribution in [3.63, 3.8) is 0 Å². The summed E-state index contributed by atoms with van der Waals surface area (Å²) in [6, 6.07) is 28.3. The van der Waals surface area contributed by atoms with E-state index in [2.05, 4.69) is 12.1 Å². The number of Topliss-reactive ketones (excluding diaryl/α,β-unsaturated/α-hetero) is 1. The fraction of sp³-hybridized carbons (Fsp3) is 0.179. The normalized spacial score (nSPS) is 22.3. The fourth-order valence-electron chi connectivity index (χ4n) is 5.16. The first-order valence-electron chi connectivity index (χ1n) is 10.6. The Balaban J connectivity index is 1.78. The van der Waals surface area contributed by atoms with Crippen LogP contribution < -0.4 is 4.90 Å². The van der Waals surface area contributed by atoms with Gasteiger partial charge in [0.25, 0.3) is 0 Å². The topological polar surface area (TPSA) is 67.9 Å². The molecule has 3 atom stereocenters. The second-order valence-corrected chi connectivity index (χ2v) is 8.43. The third-order valence-corrected chi connectivity index (χ3v) is 6.68. The zero-order valence-corrected chi connectivity index (χ0v) is 17.6. The Morgan fingerprint density at radius 3 is 2.25 bits per heavy atom. The molecule has 0 bridgehead atoms. The first kappa shape index (κ1) is 19.8. The van der Waals surface area contributed by atoms with E-state index in [0.29, 0.717) is 5.56 Å². The van der Waals surface area contributed by atoms with Gasteiger partial charge in [-0.1, -0.05) is 90.5 Å². The summed E-state index contributed by atoms with van der Waals surface area (Å²) in [4.78, 5) is 16.0. The Morgan fingerprint density at radius 2 is 1.56 bits per heavy atom. The number of nitrogens with zero attached hydrogens (tertiary/aromatic N) is 3. The maximum atomic E-state index is 14.0. The van der Waals surface area contributed by atoms with Gasteiger partial charge in [-0.2, -0.15) is 10.5 Å². The largest absolute Gasteiger partial charge is 0.351 e. The second kappa shape index (κ2) is 7.52. The first-order valence-corrected chi connectivity index (χ1v) is 10.6. The van der Waals surface area contributed by atoms with Crippen LogP contribution in [0.15, 0.2) is 84.9 Å². The molecule has 3 aromatic carbocycles. The number of ketones is 1. The van der Waals surface area contributed by atoms with Crippen LogP contribution in [0.5, 0.6) is 0 Å². The molecule has 0 saturated carbocycles. The number of aryl methyl sites for hydroxylation is 1. The quantitative estimate of drug-likeness (QED) is 0.546. The Morgan fingerprint density at radius 1 is 0.906 bits per heavy atom. The smallest absolute Gasteiger partial charge is 0.185 e. The molecule has 0 amide bonds. The number of hydrogen-bond acceptors (Lipinski definition) is 4. The summed E-state index contributed by atoms with van der Waals surface area (Å²) in [6.45, 7) is 1.98. The number of benzene rings is 3. The molecule has 0 aliphatic carbocycles. The van der Waals surface area contributed by atoms with E-state index < -0.39 is 23.4 Å². The van der Waals surface area contributed by atoms with E-state index in [4.69, 9.17) is 0 Å². The van der Waals surface area contributed by atoms with Crippen molar-refractivity contribution in [3.05, 3.63) is 107 Å². The van der Waals surface area contributed by atoms with Gasteiger partial charge in [-0.25, -0.2) is 0 Å². The average molecular weight is 415 g/mol. The Bertz CT molecular complexity index is 1280. The Hall–Kier alpha value is -4.15. The number of anilines is 1. The lowest BCUT2D eigenvalue weighted by molar-refractivity contribution is 0.0951. The minimum Gasteiger partial charge on any atom is -0.351 e. The van der Waals surface area contributed by atoms with Crippen molar-refractivity contribution in [2.45, 2.75) is 24.9 Å². The highest BCUT2D eigenvalue weighted by Crippen LogP contribution is 2.55. The second-order valence-electron chi connectivity index (χ2n) is 8.43. The highest BCUT2D eigenvalue weighted by molar-refractivity contribution is 6.04. The zero-order chi connectivity index (χ0) is 22.3. The van der Waals surface area contributed by atoms with Crippen LogP contribution in [0.2, 0.25) is 0 Å². The van der Waals surface area contributed by atoms with Crippen LogP contribution >= 0.6 is 0 Å². The van der Waals surface area contributed by atoms with Gasteiger partial charge in [-0.05, 0) is 24.1 Å². The molecule has 32 heavy (non-hydrogen) atoms. The zero-order valence-electron chi connectivity index (χ0n) is 17.6. The molecule has 2 aliphatic rings. The molecule has 154 valence electrons. The van der Waals surface area contributed by atoms with Gasteiger partial charge in [-0.3, -0.25) is 4.79 Å². The summed E-state index contributed by atoms with van der Waals surface area (Å²) >= 11 is 0. The van der Waals surface area contributed by atoms with E-state index in [9.17, 15) is 15.3 Å². The predicted molar refractivity (Wildman–Crippen MR) is 124 cm³/mol. The van der Waals surface area contributed by atoms with Gasteiger partial charge in [0.2, 0.25) is 0 Å². The SMILES string of the molecule is Cc1ccc(C(=O)[C@@H]2[C@H](c3ccccc3)C(C#N)(C#N)[C@@H]3C=Cc4ccccc4N23)cc1. The fourth-order valence-corrected chi connectivity index (χ4v) is 5.16. The molecule has 3 aromatic rings. The molecule has 1 fully saturated rings. The van der Waals surface area contributed by atoms with E-state index in [1.807, 2.05) is 103 Å². The van der Waals surface area contributed by atoms with Crippen LogP contribution in [-0.4, -0.2) is 17.9 Å². The maximum absolute atomic E-state index is 14.0. The van der Waals surface area contributed by atoms with Crippen LogP contribution in [0.3, 0.4) is 0 Å². The lowest BCUT2D eigenvalue weighted by atomic mass is 9.69. The predicted octanol–water partition coefficient (Wildman–Crippen LogP) is 5.28. The summed E-state index contributed by atoms with van der Waals surface area (Å²) in [5.41, 5.74) is 2.92. The van der Waals surface area contributed by atoms with Crippen LogP contribution in [-0.2, 0) is 0 Å². The van der Waals surface area contributed by atoms with Crippen LogP contribution in [0, 0.1) is 35.0 Å². The number of carbonyl (C=O) groups excluding carboxylic acids is 1. The molecule has 0 N–H and O–H groups in total. The highest BCUT2D eigenvalue weighted by atomic mass is 16.1. The van der Waals surface area contributed by atoms with E-state index in [-0.39, 0.29) is 5.78 Å². The Kier molecular flexibility index (Phi) is 4.65. The van der Waals surface area contributed by atoms with Crippen molar-refractivity contribution in [2.24, 2.45) is 5.41 Å². The van der Waals surface area contributed by atoms with E-state index in [1.165, 1.54) is 0 Å². The van der Waals surface area contributed by atoms with E-state index in [1.54, 1.807) is 0 Å². The molecule has 0 spiro atoms. The van der Waals surface area contributed by atoms with Crippen molar-refractivity contribution >= 4 is 17.5 Å². The van der Waals surface area contributed by atoms with E-state index in [0.717, 1.165) is 22.4 Å². The van der Waals surface area contributed by atoms with Gasteiger partial charge < -0.3 is 4.90 Å². The number of hydrogen-bond donors (Lipinski definition) is 0. The van der Waals surface area contributed by atoms with Gasteiger partial charge in [0.15, 0.2) is 11.2 Å². The standard InChI is InChI=1S/C28H21N3O/c1-19-11-13-22(14-12-19)27(32)26-25(21-8-3-2-4-9-21)28(17-29,18-30)24-16-15-20-7-5-6-10-23(20)31(24)26/h2-16,24-26H,1H3/t24-,25-,26-/m0/s1. The number of nitriles is 2. The van der Waals surface area contributed by atoms with Crippen molar-refractivity contribution in [1.82, 2.24) is 0 Å². The monoisotopic (exact) mass is 415 g/mol. The number of fused-ring (bicyclic) bond motifs is 3. The lowest BCUT2D eigenvalue weighted by Gasteiger charge is -2.35. The van der Waals surface area contributed by atoms with Gasteiger partial charge in [0.1, 0.15) is 6.04 Å². The van der Waals surface area contributed by atoms with E-state index >= 15 is 0 Å². The minimum atomic E-state index is -1.41.